The molecule has 0 aliphatic rings. The summed E-state index contributed by atoms with van der Waals surface area (Å²) in [5, 5.41) is 14.5. The molecule has 0 saturated heterocycles. The number of amides is 1. The number of rotatable bonds is 3. The van der Waals surface area contributed by atoms with E-state index in [4.69, 9.17) is 5.26 Å². The van der Waals surface area contributed by atoms with Crippen molar-refractivity contribution in [1.82, 2.24) is 4.98 Å². The van der Waals surface area contributed by atoms with E-state index in [-0.39, 0.29) is 5.91 Å². The van der Waals surface area contributed by atoms with Crippen molar-refractivity contribution in [3.63, 3.8) is 0 Å². The average molecular weight is 331 g/mol. The summed E-state index contributed by atoms with van der Waals surface area (Å²) in [5.74, 6) is -0.271. The lowest BCUT2D eigenvalue weighted by atomic mass is 10.2. The first-order valence-corrected chi connectivity index (χ1v) is 6.57. The molecule has 0 spiro atoms. The molecule has 2 aromatic rings. The van der Waals surface area contributed by atoms with E-state index in [1.54, 1.807) is 37.5 Å². The second kappa shape index (κ2) is 6.17. The van der Waals surface area contributed by atoms with Crippen LogP contribution in [0.25, 0.3) is 0 Å². The average Bonchev–Trinajstić information content (AvgIpc) is 2.49. The van der Waals surface area contributed by atoms with Crippen molar-refractivity contribution in [3.8, 4) is 6.07 Å². The topological polar surface area (TPSA) is 77.8 Å². The normalized spacial score (nSPS) is 9.65. The van der Waals surface area contributed by atoms with Gasteiger partial charge >= 0.3 is 0 Å². The Labute approximate surface area is 124 Å². The van der Waals surface area contributed by atoms with E-state index < -0.39 is 0 Å². The SMILES string of the molecule is CNc1ccncc1C(=O)Nc1ccc(C#N)cc1Br. The molecule has 2 rings (SSSR count). The second-order valence-electron chi connectivity index (χ2n) is 3.93. The number of aromatic nitrogens is 1. The number of carbonyl (C=O) groups excluding carboxylic acids is 1. The van der Waals surface area contributed by atoms with Crippen LogP contribution in [0.5, 0.6) is 0 Å². The largest absolute Gasteiger partial charge is 0.387 e. The lowest BCUT2D eigenvalue weighted by Crippen LogP contribution is -2.14. The van der Waals surface area contributed by atoms with E-state index in [1.807, 2.05) is 6.07 Å². The van der Waals surface area contributed by atoms with E-state index in [9.17, 15) is 4.79 Å². The number of nitriles is 1. The Morgan fingerprint density at radius 3 is 2.80 bits per heavy atom. The number of nitrogens with zero attached hydrogens (tertiary/aromatic N) is 2. The summed E-state index contributed by atoms with van der Waals surface area (Å²) < 4.78 is 0.653. The van der Waals surface area contributed by atoms with Gasteiger partial charge in [0.2, 0.25) is 0 Å². The summed E-state index contributed by atoms with van der Waals surface area (Å²) in [4.78, 5) is 16.2. The number of hydrogen-bond acceptors (Lipinski definition) is 4. The number of nitrogens with one attached hydrogen (secondary N) is 2. The first-order valence-electron chi connectivity index (χ1n) is 5.78. The summed E-state index contributed by atoms with van der Waals surface area (Å²) in [6, 6.07) is 8.73. The Bertz CT molecular complexity index is 694. The fraction of sp³-hybridized carbons (Fsp3) is 0.0714. The van der Waals surface area contributed by atoms with Crippen molar-refractivity contribution in [2.75, 3.05) is 17.7 Å². The van der Waals surface area contributed by atoms with Crippen LogP contribution in [0.2, 0.25) is 0 Å². The second-order valence-corrected chi connectivity index (χ2v) is 4.79. The van der Waals surface area contributed by atoms with Gasteiger partial charge in [0.05, 0.1) is 22.9 Å². The molecule has 0 aliphatic carbocycles. The van der Waals surface area contributed by atoms with E-state index in [0.29, 0.717) is 27.0 Å². The maximum absolute atomic E-state index is 12.2. The van der Waals surface area contributed by atoms with Crippen LogP contribution in [-0.4, -0.2) is 17.9 Å². The molecular weight excluding hydrogens is 320 g/mol. The van der Waals surface area contributed by atoms with Crippen LogP contribution in [0, 0.1) is 11.3 Å². The number of halogens is 1. The van der Waals surface area contributed by atoms with Gasteiger partial charge < -0.3 is 10.6 Å². The summed E-state index contributed by atoms with van der Waals surface area (Å²) >= 11 is 3.33. The summed E-state index contributed by atoms with van der Waals surface area (Å²) in [6.07, 6.45) is 3.11. The highest BCUT2D eigenvalue weighted by Crippen LogP contribution is 2.24. The number of carbonyl (C=O) groups is 1. The van der Waals surface area contributed by atoms with E-state index >= 15 is 0 Å². The summed E-state index contributed by atoms with van der Waals surface area (Å²) in [6.45, 7) is 0. The van der Waals surface area contributed by atoms with Gasteiger partial charge in [-0.1, -0.05) is 0 Å². The molecule has 20 heavy (non-hydrogen) atoms. The Balaban J connectivity index is 2.26. The molecule has 1 heterocycles. The molecule has 0 radical (unpaired) electrons. The summed E-state index contributed by atoms with van der Waals surface area (Å²) in [5.41, 5.74) is 2.26. The Kier molecular flexibility index (Phi) is 4.33. The molecule has 0 unspecified atom stereocenters. The minimum atomic E-state index is -0.271. The number of benzene rings is 1. The van der Waals surface area contributed by atoms with Crippen LogP contribution in [0.1, 0.15) is 15.9 Å². The van der Waals surface area contributed by atoms with Crippen LogP contribution in [-0.2, 0) is 0 Å². The van der Waals surface area contributed by atoms with Crippen molar-refractivity contribution >= 4 is 33.2 Å². The zero-order valence-electron chi connectivity index (χ0n) is 10.6. The van der Waals surface area contributed by atoms with Gasteiger partial charge in [-0.05, 0) is 40.2 Å². The quantitative estimate of drug-likeness (QED) is 0.906. The molecule has 1 aromatic heterocycles. The maximum Gasteiger partial charge on any atom is 0.259 e. The van der Waals surface area contributed by atoms with Crippen molar-refractivity contribution < 1.29 is 4.79 Å². The van der Waals surface area contributed by atoms with Crippen molar-refractivity contribution in [1.29, 1.82) is 5.26 Å². The zero-order valence-corrected chi connectivity index (χ0v) is 12.2. The summed E-state index contributed by atoms with van der Waals surface area (Å²) in [7, 11) is 1.74. The first-order chi connectivity index (χ1) is 9.65. The van der Waals surface area contributed by atoms with Gasteiger partial charge in [0, 0.05) is 29.6 Å². The molecular formula is C14H11BrN4O. The monoisotopic (exact) mass is 330 g/mol. The van der Waals surface area contributed by atoms with Gasteiger partial charge in [-0.3, -0.25) is 9.78 Å². The van der Waals surface area contributed by atoms with Crippen LogP contribution in [0.4, 0.5) is 11.4 Å². The highest BCUT2D eigenvalue weighted by molar-refractivity contribution is 9.10. The Morgan fingerprint density at radius 2 is 2.15 bits per heavy atom. The van der Waals surface area contributed by atoms with E-state index in [2.05, 4.69) is 31.5 Å². The molecule has 0 fully saturated rings. The minimum Gasteiger partial charge on any atom is -0.387 e. The highest BCUT2D eigenvalue weighted by Gasteiger charge is 2.12. The minimum absolute atomic E-state index is 0.271. The molecule has 6 heteroatoms. The molecule has 1 aromatic carbocycles. The molecule has 5 nitrogen and oxygen atoms in total. The van der Waals surface area contributed by atoms with Gasteiger partial charge in [-0.25, -0.2) is 0 Å². The standard InChI is InChI=1S/C14H11BrN4O/c1-17-12-4-5-18-8-10(12)14(20)19-13-3-2-9(7-16)6-11(13)15/h2-6,8H,1H3,(H,17,18)(H,19,20). The Morgan fingerprint density at radius 1 is 1.35 bits per heavy atom. The lowest BCUT2D eigenvalue weighted by Gasteiger charge is -2.10. The van der Waals surface area contributed by atoms with E-state index in [1.165, 1.54) is 6.20 Å². The molecule has 0 saturated carbocycles. The maximum atomic E-state index is 12.2. The third-order valence-corrected chi connectivity index (χ3v) is 3.34. The van der Waals surface area contributed by atoms with Crippen LogP contribution < -0.4 is 10.6 Å². The Hall–Kier alpha value is -2.39. The third kappa shape index (κ3) is 2.95. The molecule has 100 valence electrons. The first kappa shape index (κ1) is 14.0. The fourth-order valence-electron chi connectivity index (χ4n) is 1.67. The lowest BCUT2D eigenvalue weighted by molar-refractivity contribution is 0.102. The molecule has 2 N–H and O–H groups in total. The van der Waals surface area contributed by atoms with Gasteiger partial charge in [0.25, 0.3) is 5.91 Å². The fourth-order valence-corrected chi connectivity index (χ4v) is 2.15. The van der Waals surface area contributed by atoms with Crippen molar-refractivity contribution in [3.05, 3.63) is 52.3 Å². The predicted molar refractivity (Wildman–Crippen MR) is 80.6 cm³/mol. The number of anilines is 2. The number of pyridine rings is 1. The van der Waals surface area contributed by atoms with Gasteiger partial charge in [-0.2, -0.15) is 5.26 Å². The van der Waals surface area contributed by atoms with Crippen molar-refractivity contribution in [2.45, 2.75) is 0 Å². The third-order valence-electron chi connectivity index (χ3n) is 2.68. The molecule has 1 amide bonds. The smallest absolute Gasteiger partial charge is 0.259 e. The predicted octanol–water partition coefficient (Wildman–Crippen LogP) is 3.01. The van der Waals surface area contributed by atoms with Gasteiger partial charge in [0.15, 0.2) is 0 Å². The van der Waals surface area contributed by atoms with Gasteiger partial charge in [0.1, 0.15) is 0 Å². The molecule has 0 atom stereocenters. The van der Waals surface area contributed by atoms with Gasteiger partial charge in [-0.15, -0.1) is 0 Å². The van der Waals surface area contributed by atoms with Crippen molar-refractivity contribution in [2.24, 2.45) is 0 Å². The van der Waals surface area contributed by atoms with Crippen LogP contribution in [0.15, 0.2) is 41.1 Å². The van der Waals surface area contributed by atoms with Crippen LogP contribution >= 0.6 is 15.9 Å². The highest BCUT2D eigenvalue weighted by atomic mass is 79.9. The molecule has 0 aliphatic heterocycles. The zero-order chi connectivity index (χ0) is 14.5. The molecule has 0 bridgehead atoms. The number of hydrogen-bond donors (Lipinski definition) is 2. The van der Waals surface area contributed by atoms with E-state index in [0.717, 1.165) is 0 Å². The van der Waals surface area contributed by atoms with Crippen LogP contribution in [0.3, 0.4) is 0 Å².